The van der Waals surface area contributed by atoms with Gasteiger partial charge in [0.2, 0.25) is 5.09 Å². The second-order valence-corrected chi connectivity index (χ2v) is 10.3. The summed E-state index contributed by atoms with van der Waals surface area (Å²) < 4.78 is 37.8. The molecule has 1 amide bonds. The number of sulfonamides is 1. The van der Waals surface area contributed by atoms with E-state index in [9.17, 15) is 18.0 Å². The summed E-state index contributed by atoms with van der Waals surface area (Å²) in [7, 11) is -2.52. The largest absolute Gasteiger partial charge is 0.468 e. The van der Waals surface area contributed by atoms with Crippen LogP contribution in [0.2, 0.25) is 0 Å². The van der Waals surface area contributed by atoms with Crippen molar-refractivity contribution in [3.05, 3.63) is 53.8 Å². The van der Waals surface area contributed by atoms with E-state index in [0.29, 0.717) is 25.9 Å². The first-order chi connectivity index (χ1) is 14.5. The highest BCUT2D eigenvalue weighted by Gasteiger charge is 2.45. The van der Waals surface area contributed by atoms with Gasteiger partial charge in [-0.25, -0.2) is 13.1 Å². The molecule has 0 radical (unpaired) electrons. The standard InChI is InChI=1S/C22H28N2O6S/c1-21(2,3)23-31(27,28)18-11-10-17(30-18)19(25)24-14-12-22(13-15-24,20(26)29-4)16-8-6-5-7-9-16/h5-11,23H,12-15H2,1-4H3. The van der Waals surface area contributed by atoms with E-state index >= 15 is 0 Å². The number of rotatable bonds is 5. The highest BCUT2D eigenvalue weighted by atomic mass is 32.2. The van der Waals surface area contributed by atoms with Gasteiger partial charge in [-0.1, -0.05) is 30.3 Å². The maximum absolute atomic E-state index is 12.9. The third-order valence-corrected chi connectivity index (χ3v) is 6.93. The summed E-state index contributed by atoms with van der Waals surface area (Å²) in [6, 6.07) is 12.0. The topological polar surface area (TPSA) is 106 Å². The number of benzene rings is 1. The van der Waals surface area contributed by atoms with Gasteiger partial charge in [-0.15, -0.1) is 0 Å². The van der Waals surface area contributed by atoms with Crippen molar-refractivity contribution in [2.24, 2.45) is 0 Å². The summed E-state index contributed by atoms with van der Waals surface area (Å²) in [5, 5.41) is -0.309. The van der Waals surface area contributed by atoms with Crippen LogP contribution in [-0.4, -0.2) is 50.9 Å². The zero-order valence-corrected chi connectivity index (χ0v) is 19.0. The lowest BCUT2D eigenvalue weighted by molar-refractivity contribution is -0.149. The van der Waals surface area contributed by atoms with Gasteiger partial charge in [-0.3, -0.25) is 9.59 Å². The third-order valence-electron chi connectivity index (χ3n) is 5.30. The number of ether oxygens (including phenoxy) is 1. The first kappa shape index (κ1) is 23.0. The predicted molar refractivity (Wildman–Crippen MR) is 114 cm³/mol. The molecule has 1 aliphatic heterocycles. The van der Waals surface area contributed by atoms with E-state index in [0.717, 1.165) is 5.56 Å². The number of nitrogens with zero attached hydrogens (tertiary/aromatic N) is 1. The van der Waals surface area contributed by atoms with Crippen LogP contribution < -0.4 is 4.72 Å². The summed E-state index contributed by atoms with van der Waals surface area (Å²) >= 11 is 0. The van der Waals surface area contributed by atoms with Crippen molar-refractivity contribution >= 4 is 21.9 Å². The van der Waals surface area contributed by atoms with Crippen molar-refractivity contribution in [1.82, 2.24) is 9.62 Å². The Kier molecular flexibility index (Phi) is 6.29. The second kappa shape index (κ2) is 8.47. The van der Waals surface area contributed by atoms with Gasteiger partial charge in [0.05, 0.1) is 12.5 Å². The fourth-order valence-corrected chi connectivity index (χ4v) is 5.20. The summed E-state index contributed by atoms with van der Waals surface area (Å²) in [6.45, 7) is 5.77. The summed E-state index contributed by atoms with van der Waals surface area (Å²) in [5.74, 6) is -0.797. The summed E-state index contributed by atoms with van der Waals surface area (Å²) in [4.78, 5) is 27.1. The highest BCUT2D eigenvalue weighted by Crippen LogP contribution is 2.37. The Bertz CT molecular complexity index is 1050. The van der Waals surface area contributed by atoms with Crippen molar-refractivity contribution < 1.29 is 27.2 Å². The van der Waals surface area contributed by atoms with Gasteiger partial charge in [0.15, 0.2) is 5.76 Å². The number of hydrogen-bond donors (Lipinski definition) is 1. The van der Waals surface area contributed by atoms with Crippen molar-refractivity contribution in [3.63, 3.8) is 0 Å². The van der Waals surface area contributed by atoms with E-state index in [1.807, 2.05) is 30.3 Å². The van der Waals surface area contributed by atoms with Crippen LogP contribution >= 0.6 is 0 Å². The van der Waals surface area contributed by atoms with E-state index in [1.54, 1.807) is 25.7 Å². The second-order valence-electron chi connectivity index (χ2n) is 8.71. The Balaban J connectivity index is 1.76. The average Bonchev–Trinajstić information content (AvgIpc) is 3.23. The van der Waals surface area contributed by atoms with Crippen LogP contribution in [0.15, 0.2) is 52.0 Å². The molecule has 31 heavy (non-hydrogen) atoms. The number of likely N-dealkylation sites (tertiary alicyclic amines) is 1. The third kappa shape index (κ3) is 4.83. The van der Waals surface area contributed by atoms with Crippen LogP contribution in [0.5, 0.6) is 0 Å². The fourth-order valence-electron chi connectivity index (χ4n) is 3.84. The van der Waals surface area contributed by atoms with Gasteiger partial charge in [0, 0.05) is 18.6 Å². The number of hydrogen-bond acceptors (Lipinski definition) is 6. The molecule has 1 aromatic carbocycles. The molecule has 1 saturated heterocycles. The number of furan rings is 1. The summed E-state index contributed by atoms with van der Waals surface area (Å²) in [6.07, 6.45) is 0.791. The molecular weight excluding hydrogens is 420 g/mol. The number of carbonyl (C=O) groups excluding carboxylic acids is 2. The Morgan fingerprint density at radius 1 is 1.06 bits per heavy atom. The Morgan fingerprint density at radius 3 is 2.23 bits per heavy atom. The lowest BCUT2D eigenvalue weighted by Crippen LogP contribution is -2.49. The Labute approximate surface area is 182 Å². The van der Waals surface area contributed by atoms with Crippen molar-refractivity contribution in [3.8, 4) is 0 Å². The molecule has 3 rings (SSSR count). The first-order valence-corrected chi connectivity index (χ1v) is 11.5. The molecule has 1 fully saturated rings. The molecule has 168 valence electrons. The zero-order valence-electron chi connectivity index (χ0n) is 18.2. The van der Waals surface area contributed by atoms with E-state index < -0.39 is 26.9 Å². The van der Waals surface area contributed by atoms with Crippen molar-refractivity contribution in [2.45, 2.75) is 49.7 Å². The molecular formula is C22H28N2O6S. The first-order valence-electron chi connectivity index (χ1n) is 10.1. The molecule has 0 unspecified atom stereocenters. The van der Waals surface area contributed by atoms with Gasteiger partial charge in [-0.05, 0) is 51.3 Å². The quantitative estimate of drug-likeness (QED) is 0.705. The van der Waals surface area contributed by atoms with E-state index in [1.165, 1.54) is 19.2 Å². The molecule has 0 spiro atoms. The average molecular weight is 449 g/mol. The molecule has 2 heterocycles. The lowest BCUT2D eigenvalue weighted by Gasteiger charge is -2.39. The van der Waals surface area contributed by atoms with Gasteiger partial charge < -0.3 is 14.1 Å². The van der Waals surface area contributed by atoms with Crippen LogP contribution in [0.4, 0.5) is 0 Å². The molecule has 0 saturated carbocycles. The number of piperidine rings is 1. The van der Waals surface area contributed by atoms with Crippen LogP contribution in [0.1, 0.15) is 49.7 Å². The normalized spacial score (nSPS) is 16.7. The SMILES string of the molecule is COC(=O)C1(c2ccccc2)CCN(C(=O)c2ccc(S(=O)(=O)NC(C)(C)C)o2)CC1. The van der Waals surface area contributed by atoms with E-state index in [4.69, 9.17) is 9.15 Å². The molecule has 1 aromatic heterocycles. The van der Waals surface area contributed by atoms with Gasteiger partial charge >= 0.3 is 5.97 Å². The number of methoxy groups -OCH3 is 1. The minimum absolute atomic E-state index is 0.0560. The highest BCUT2D eigenvalue weighted by molar-refractivity contribution is 7.89. The van der Waals surface area contributed by atoms with Crippen LogP contribution in [0, 0.1) is 0 Å². The van der Waals surface area contributed by atoms with Crippen LogP contribution in [0.25, 0.3) is 0 Å². The van der Waals surface area contributed by atoms with Crippen LogP contribution in [0.3, 0.4) is 0 Å². The Morgan fingerprint density at radius 2 is 1.68 bits per heavy atom. The monoisotopic (exact) mass is 448 g/mol. The molecule has 2 aromatic rings. The minimum atomic E-state index is -3.88. The maximum Gasteiger partial charge on any atom is 0.316 e. The van der Waals surface area contributed by atoms with E-state index in [2.05, 4.69) is 4.72 Å². The number of esters is 1. The van der Waals surface area contributed by atoms with Crippen molar-refractivity contribution in [1.29, 1.82) is 0 Å². The predicted octanol–water partition coefficient (Wildman–Crippen LogP) is 2.70. The van der Waals surface area contributed by atoms with E-state index in [-0.39, 0.29) is 16.8 Å². The lowest BCUT2D eigenvalue weighted by atomic mass is 9.72. The zero-order chi connectivity index (χ0) is 22.9. The molecule has 0 atom stereocenters. The molecule has 1 aliphatic rings. The molecule has 9 heteroatoms. The minimum Gasteiger partial charge on any atom is -0.468 e. The molecule has 1 N–H and O–H groups in total. The Hall–Kier alpha value is -2.65. The van der Waals surface area contributed by atoms with Crippen LogP contribution in [-0.2, 0) is 25.0 Å². The van der Waals surface area contributed by atoms with Crippen molar-refractivity contribution in [2.75, 3.05) is 20.2 Å². The summed E-state index contributed by atoms with van der Waals surface area (Å²) in [5.41, 5.74) is -0.646. The number of carbonyl (C=O) groups is 2. The van der Waals surface area contributed by atoms with Gasteiger partial charge in [-0.2, -0.15) is 0 Å². The van der Waals surface area contributed by atoms with Gasteiger partial charge in [0.1, 0.15) is 0 Å². The number of nitrogens with one attached hydrogen (secondary N) is 1. The van der Waals surface area contributed by atoms with Gasteiger partial charge in [0.25, 0.3) is 15.9 Å². The smallest absolute Gasteiger partial charge is 0.316 e. The maximum atomic E-state index is 12.9. The number of amides is 1. The fraction of sp³-hybridized carbons (Fsp3) is 0.455. The molecule has 0 aliphatic carbocycles. The molecule has 0 bridgehead atoms. The molecule has 8 nitrogen and oxygen atoms in total.